The Morgan fingerprint density at radius 1 is 1.12 bits per heavy atom. The lowest BCUT2D eigenvalue weighted by atomic mass is 10.0. The zero-order valence-corrected chi connectivity index (χ0v) is 9.82. The monoisotopic (exact) mass is 210 g/mol. The molecule has 0 bridgehead atoms. The van der Waals surface area contributed by atoms with Crippen molar-refractivity contribution < 1.29 is 0 Å². The van der Waals surface area contributed by atoms with Crippen LogP contribution in [0.3, 0.4) is 0 Å². The Bertz CT molecular complexity index is 402. The molecule has 0 aromatic heterocycles. The molecular formula is C16H18. The molecule has 0 spiro atoms. The van der Waals surface area contributed by atoms with Crippen molar-refractivity contribution in [1.29, 1.82) is 0 Å². The van der Waals surface area contributed by atoms with Crippen molar-refractivity contribution in [1.82, 2.24) is 0 Å². The number of allylic oxidation sites excluding steroid dienone is 6. The first-order valence-corrected chi connectivity index (χ1v) is 5.42. The fraction of sp³-hybridized carbons (Fsp3) is 0.125. The topological polar surface area (TPSA) is 0 Å². The Morgan fingerprint density at radius 2 is 1.81 bits per heavy atom. The van der Waals surface area contributed by atoms with Gasteiger partial charge in [0.15, 0.2) is 0 Å². The van der Waals surface area contributed by atoms with E-state index in [1.54, 1.807) is 6.08 Å². The molecule has 82 valence electrons. The van der Waals surface area contributed by atoms with Crippen LogP contribution in [0.15, 0.2) is 73.4 Å². The van der Waals surface area contributed by atoms with E-state index in [9.17, 15) is 0 Å². The van der Waals surface area contributed by atoms with Crippen molar-refractivity contribution in [2.45, 2.75) is 13.3 Å². The third-order valence-corrected chi connectivity index (χ3v) is 2.31. The second-order valence-electron chi connectivity index (χ2n) is 3.73. The molecule has 0 radical (unpaired) electrons. The number of hydrogen-bond acceptors (Lipinski definition) is 0. The highest BCUT2D eigenvalue weighted by atomic mass is 14.0. The van der Waals surface area contributed by atoms with Gasteiger partial charge in [-0.25, -0.2) is 0 Å². The van der Waals surface area contributed by atoms with Gasteiger partial charge in [-0.05, 0) is 24.5 Å². The van der Waals surface area contributed by atoms with E-state index in [1.165, 1.54) is 16.7 Å². The van der Waals surface area contributed by atoms with Crippen LogP contribution in [0.25, 0.3) is 0 Å². The molecule has 0 unspecified atom stereocenters. The van der Waals surface area contributed by atoms with E-state index in [0.717, 1.165) is 6.42 Å². The van der Waals surface area contributed by atoms with E-state index in [2.05, 4.69) is 50.4 Å². The van der Waals surface area contributed by atoms with Gasteiger partial charge in [-0.3, -0.25) is 0 Å². The van der Waals surface area contributed by atoms with E-state index in [4.69, 9.17) is 0 Å². The Morgan fingerprint density at radius 3 is 2.38 bits per heavy atom. The average Bonchev–Trinajstić information content (AvgIpc) is 2.29. The minimum Gasteiger partial charge on any atom is -0.0991 e. The van der Waals surface area contributed by atoms with Crippen molar-refractivity contribution in [3.63, 3.8) is 0 Å². The molecular weight excluding hydrogens is 192 g/mol. The van der Waals surface area contributed by atoms with Crippen molar-refractivity contribution in [2.24, 2.45) is 0 Å². The number of hydrogen-bond donors (Lipinski definition) is 0. The summed E-state index contributed by atoms with van der Waals surface area (Å²) in [6.45, 7) is 9.50. The smallest absolute Gasteiger partial charge is 0.00258 e. The lowest BCUT2D eigenvalue weighted by Crippen LogP contribution is -1.87. The minimum atomic E-state index is 0.927. The summed E-state index contributed by atoms with van der Waals surface area (Å²) in [5, 5.41) is 0. The minimum absolute atomic E-state index is 0.927. The standard InChI is InChI=1S/C16H18/c1-4-6-8-15(7-5-2)13-16-11-9-14(3)10-12-16/h4-12H,1-2,13H2,3H3/b8-6-,15-7+. The normalized spacial score (nSPS) is 11.7. The van der Waals surface area contributed by atoms with Gasteiger partial charge in [0.2, 0.25) is 0 Å². The van der Waals surface area contributed by atoms with E-state index in [0.29, 0.717) is 0 Å². The molecule has 0 aliphatic carbocycles. The van der Waals surface area contributed by atoms with Crippen LogP contribution >= 0.6 is 0 Å². The van der Waals surface area contributed by atoms with Gasteiger partial charge >= 0.3 is 0 Å². The van der Waals surface area contributed by atoms with Gasteiger partial charge in [-0.2, -0.15) is 0 Å². The first-order valence-electron chi connectivity index (χ1n) is 5.42. The van der Waals surface area contributed by atoms with Gasteiger partial charge in [0, 0.05) is 0 Å². The Hall–Kier alpha value is -1.82. The molecule has 1 rings (SSSR count). The summed E-state index contributed by atoms with van der Waals surface area (Å²) in [5.41, 5.74) is 3.84. The third kappa shape index (κ3) is 4.14. The zero-order chi connectivity index (χ0) is 11.8. The van der Waals surface area contributed by atoms with Gasteiger partial charge in [0.05, 0.1) is 0 Å². The molecule has 0 N–H and O–H groups in total. The van der Waals surface area contributed by atoms with Crippen molar-refractivity contribution in [3.8, 4) is 0 Å². The van der Waals surface area contributed by atoms with Crippen molar-refractivity contribution >= 4 is 0 Å². The highest BCUT2D eigenvalue weighted by molar-refractivity contribution is 5.32. The van der Waals surface area contributed by atoms with Gasteiger partial charge < -0.3 is 0 Å². The molecule has 0 aliphatic heterocycles. The molecule has 1 aromatic carbocycles. The Kier molecular flexibility index (Phi) is 5.07. The summed E-state index contributed by atoms with van der Waals surface area (Å²) in [7, 11) is 0. The highest BCUT2D eigenvalue weighted by Gasteiger charge is 1.95. The first-order chi connectivity index (χ1) is 7.76. The quantitative estimate of drug-likeness (QED) is 0.632. The molecule has 0 nitrogen and oxygen atoms in total. The van der Waals surface area contributed by atoms with Gasteiger partial charge in [-0.15, -0.1) is 0 Å². The van der Waals surface area contributed by atoms with Crippen molar-refractivity contribution in [2.75, 3.05) is 0 Å². The average molecular weight is 210 g/mol. The lowest BCUT2D eigenvalue weighted by molar-refractivity contribution is 1.19. The lowest BCUT2D eigenvalue weighted by Gasteiger charge is -2.02. The Labute approximate surface area is 98.3 Å². The number of benzene rings is 1. The van der Waals surface area contributed by atoms with Gasteiger partial charge in [0.1, 0.15) is 0 Å². The Balaban J connectivity index is 2.79. The predicted octanol–water partition coefficient (Wildman–Crippen LogP) is 4.39. The molecule has 0 saturated heterocycles. The van der Waals surface area contributed by atoms with E-state index < -0.39 is 0 Å². The van der Waals surface area contributed by atoms with Gasteiger partial charge in [-0.1, -0.05) is 73.4 Å². The van der Waals surface area contributed by atoms with Gasteiger partial charge in [0.25, 0.3) is 0 Å². The SMILES string of the molecule is C=C/C=C\C(=C/C=C)Cc1ccc(C)cc1. The summed E-state index contributed by atoms with van der Waals surface area (Å²) in [4.78, 5) is 0. The number of aryl methyl sites for hydroxylation is 1. The summed E-state index contributed by atoms with van der Waals surface area (Å²) < 4.78 is 0. The molecule has 0 fully saturated rings. The summed E-state index contributed by atoms with van der Waals surface area (Å²) in [5.74, 6) is 0. The third-order valence-electron chi connectivity index (χ3n) is 2.31. The van der Waals surface area contributed by atoms with Crippen LogP contribution in [-0.4, -0.2) is 0 Å². The maximum atomic E-state index is 3.73. The summed E-state index contributed by atoms with van der Waals surface area (Å²) in [6, 6.07) is 8.60. The number of rotatable bonds is 5. The van der Waals surface area contributed by atoms with E-state index >= 15 is 0 Å². The maximum absolute atomic E-state index is 3.73. The van der Waals surface area contributed by atoms with Crippen LogP contribution in [0.5, 0.6) is 0 Å². The molecule has 0 heterocycles. The van der Waals surface area contributed by atoms with Crippen molar-refractivity contribution in [3.05, 3.63) is 84.5 Å². The molecule has 0 saturated carbocycles. The van der Waals surface area contributed by atoms with Crippen LogP contribution in [0.1, 0.15) is 11.1 Å². The second kappa shape index (κ2) is 6.62. The summed E-state index contributed by atoms with van der Waals surface area (Å²) in [6.07, 6.45) is 10.6. The second-order valence-corrected chi connectivity index (χ2v) is 3.73. The largest absolute Gasteiger partial charge is 0.0991 e. The van der Waals surface area contributed by atoms with Crippen LogP contribution in [-0.2, 0) is 6.42 Å². The molecule has 0 atom stereocenters. The highest BCUT2D eigenvalue weighted by Crippen LogP contribution is 2.11. The molecule has 0 amide bonds. The molecule has 0 aliphatic rings. The summed E-state index contributed by atoms with van der Waals surface area (Å²) >= 11 is 0. The fourth-order valence-electron chi connectivity index (χ4n) is 1.46. The van der Waals surface area contributed by atoms with E-state index in [-0.39, 0.29) is 0 Å². The molecule has 0 heteroatoms. The predicted molar refractivity (Wildman–Crippen MR) is 72.5 cm³/mol. The van der Waals surface area contributed by atoms with Crippen LogP contribution in [0.2, 0.25) is 0 Å². The van der Waals surface area contributed by atoms with E-state index in [1.807, 2.05) is 18.2 Å². The molecule has 1 aromatic rings. The fourth-order valence-corrected chi connectivity index (χ4v) is 1.46. The zero-order valence-electron chi connectivity index (χ0n) is 9.82. The van der Waals surface area contributed by atoms with Crippen LogP contribution < -0.4 is 0 Å². The van der Waals surface area contributed by atoms with Crippen LogP contribution in [0.4, 0.5) is 0 Å². The maximum Gasteiger partial charge on any atom is -0.00258 e. The van der Waals surface area contributed by atoms with Crippen LogP contribution in [0, 0.1) is 6.92 Å². The first kappa shape index (κ1) is 12.3. The molecule has 16 heavy (non-hydrogen) atoms.